The van der Waals surface area contributed by atoms with Crippen LogP contribution < -0.4 is 9.64 Å². The lowest BCUT2D eigenvalue weighted by Crippen LogP contribution is -2.49. The van der Waals surface area contributed by atoms with E-state index in [0.717, 1.165) is 33.6 Å². The van der Waals surface area contributed by atoms with Crippen molar-refractivity contribution in [3.8, 4) is 17.1 Å². The molecule has 1 aliphatic rings. The highest BCUT2D eigenvalue weighted by Crippen LogP contribution is 2.33. The first-order valence-corrected chi connectivity index (χ1v) is 14.8. The third-order valence-corrected chi connectivity index (χ3v) is 8.08. The molecule has 0 N–H and O–H groups in total. The van der Waals surface area contributed by atoms with Gasteiger partial charge in [0, 0.05) is 49.8 Å². The fourth-order valence-corrected chi connectivity index (χ4v) is 5.77. The molecule has 3 heterocycles. The summed E-state index contributed by atoms with van der Waals surface area (Å²) in [7, 11) is 0. The number of carbonyl (C=O) groups is 1. The standard InChI is InChI=1S/C31H36N4O4S/c1-4-25-20-26-28(32-31(33-29(26)40-25)39-21-27(37-5-2)38-6-3)34-16-18-35(19-17-34)30(36)24-14-12-23(13-15-24)22-10-8-7-9-11-22/h7-15,20,27H,4-6,16-19,21H2,1-3H3. The number of rotatable bonds is 11. The van der Waals surface area contributed by atoms with E-state index in [1.165, 1.54) is 4.88 Å². The van der Waals surface area contributed by atoms with Gasteiger partial charge in [0.15, 0.2) is 6.29 Å². The maximum absolute atomic E-state index is 13.3. The summed E-state index contributed by atoms with van der Waals surface area (Å²) in [5, 5.41) is 1.02. The molecule has 0 radical (unpaired) electrons. The van der Waals surface area contributed by atoms with Gasteiger partial charge in [-0.1, -0.05) is 49.4 Å². The van der Waals surface area contributed by atoms with E-state index in [0.29, 0.717) is 51.0 Å². The summed E-state index contributed by atoms with van der Waals surface area (Å²) >= 11 is 1.66. The zero-order chi connectivity index (χ0) is 27.9. The van der Waals surface area contributed by atoms with Crippen molar-refractivity contribution in [2.75, 3.05) is 50.9 Å². The third kappa shape index (κ3) is 6.43. The number of piperazine rings is 1. The number of ether oxygens (including phenoxy) is 3. The maximum Gasteiger partial charge on any atom is 0.319 e. The van der Waals surface area contributed by atoms with E-state index in [2.05, 4.69) is 35.0 Å². The summed E-state index contributed by atoms with van der Waals surface area (Å²) in [6, 6.07) is 20.5. The molecule has 210 valence electrons. The van der Waals surface area contributed by atoms with Crippen LogP contribution in [0.2, 0.25) is 0 Å². The molecule has 2 aromatic carbocycles. The highest BCUT2D eigenvalue weighted by atomic mass is 32.1. The molecule has 0 saturated carbocycles. The van der Waals surface area contributed by atoms with Crippen molar-refractivity contribution in [1.82, 2.24) is 14.9 Å². The lowest BCUT2D eigenvalue weighted by molar-refractivity contribution is -0.153. The van der Waals surface area contributed by atoms with Gasteiger partial charge < -0.3 is 24.0 Å². The number of amides is 1. The highest BCUT2D eigenvalue weighted by Gasteiger charge is 2.26. The van der Waals surface area contributed by atoms with Crippen molar-refractivity contribution in [1.29, 1.82) is 0 Å². The van der Waals surface area contributed by atoms with Crippen LogP contribution >= 0.6 is 11.3 Å². The molecule has 0 atom stereocenters. The fourth-order valence-electron chi connectivity index (χ4n) is 4.82. The Kier molecular flexibility index (Phi) is 9.26. The Bertz CT molecular complexity index is 1400. The molecule has 2 aromatic heterocycles. The first-order chi connectivity index (χ1) is 19.6. The van der Waals surface area contributed by atoms with Gasteiger partial charge in [0.25, 0.3) is 5.91 Å². The van der Waals surface area contributed by atoms with Crippen LogP contribution in [0.3, 0.4) is 0 Å². The predicted molar refractivity (Wildman–Crippen MR) is 159 cm³/mol. The van der Waals surface area contributed by atoms with Crippen molar-refractivity contribution in [3.05, 3.63) is 71.1 Å². The predicted octanol–water partition coefficient (Wildman–Crippen LogP) is 5.66. The molecule has 0 spiro atoms. The molecular weight excluding hydrogens is 524 g/mol. The molecule has 0 aliphatic carbocycles. The minimum Gasteiger partial charge on any atom is -0.458 e. The zero-order valence-corrected chi connectivity index (χ0v) is 24.2. The average Bonchev–Trinajstić information content (AvgIpc) is 3.43. The second-order valence-electron chi connectivity index (χ2n) is 9.49. The smallest absolute Gasteiger partial charge is 0.319 e. The van der Waals surface area contributed by atoms with Crippen LogP contribution in [0.15, 0.2) is 60.7 Å². The van der Waals surface area contributed by atoms with E-state index in [9.17, 15) is 4.79 Å². The largest absolute Gasteiger partial charge is 0.458 e. The Morgan fingerprint density at radius 2 is 1.57 bits per heavy atom. The number of thiophene rings is 1. The van der Waals surface area contributed by atoms with Crippen LogP contribution in [0.1, 0.15) is 36.0 Å². The maximum atomic E-state index is 13.3. The molecule has 0 bridgehead atoms. The normalized spacial score (nSPS) is 13.8. The number of carbonyl (C=O) groups excluding carboxylic acids is 1. The van der Waals surface area contributed by atoms with E-state index < -0.39 is 6.29 Å². The summed E-state index contributed by atoms with van der Waals surface area (Å²) in [5.41, 5.74) is 2.95. The fraction of sp³-hybridized carbons (Fsp3) is 0.387. The van der Waals surface area contributed by atoms with E-state index in [1.807, 2.05) is 61.2 Å². The van der Waals surface area contributed by atoms with E-state index >= 15 is 0 Å². The van der Waals surface area contributed by atoms with Gasteiger partial charge in [-0.25, -0.2) is 0 Å². The van der Waals surface area contributed by atoms with Crippen molar-refractivity contribution in [2.45, 2.75) is 33.5 Å². The molecule has 4 aromatic rings. The summed E-state index contributed by atoms with van der Waals surface area (Å²) in [5.74, 6) is 0.900. The number of nitrogens with zero attached hydrogens (tertiary/aromatic N) is 4. The second-order valence-corrected chi connectivity index (χ2v) is 10.6. The number of hydrogen-bond donors (Lipinski definition) is 0. The molecule has 1 saturated heterocycles. The number of anilines is 1. The number of aromatic nitrogens is 2. The number of fused-ring (bicyclic) bond motifs is 1. The zero-order valence-electron chi connectivity index (χ0n) is 23.3. The van der Waals surface area contributed by atoms with Crippen LogP contribution in [0.4, 0.5) is 5.82 Å². The molecule has 0 unspecified atom stereocenters. The summed E-state index contributed by atoms with van der Waals surface area (Å²) < 4.78 is 17.2. The van der Waals surface area contributed by atoms with Crippen molar-refractivity contribution in [2.24, 2.45) is 0 Å². The van der Waals surface area contributed by atoms with Crippen LogP contribution in [0.5, 0.6) is 6.01 Å². The van der Waals surface area contributed by atoms with Gasteiger partial charge in [0.1, 0.15) is 17.3 Å². The summed E-state index contributed by atoms with van der Waals surface area (Å²) in [6.45, 7) is 9.85. The first-order valence-electron chi connectivity index (χ1n) is 14.0. The van der Waals surface area contributed by atoms with Gasteiger partial charge in [0.05, 0.1) is 5.39 Å². The number of aryl methyl sites for hydroxylation is 1. The third-order valence-electron chi connectivity index (χ3n) is 6.91. The molecule has 8 nitrogen and oxygen atoms in total. The van der Waals surface area contributed by atoms with Crippen molar-refractivity contribution >= 4 is 33.3 Å². The molecule has 1 fully saturated rings. The topological polar surface area (TPSA) is 77.0 Å². The molecule has 9 heteroatoms. The molecule has 5 rings (SSSR count). The van der Waals surface area contributed by atoms with Crippen LogP contribution in [0, 0.1) is 0 Å². The Morgan fingerprint density at radius 3 is 2.23 bits per heavy atom. The Labute approximate surface area is 239 Å². The Balaban J connectivity index is 1.28. The van der Waals surface area contributed by atoms with Gasteiger partial charge in [-0.2, -0.15) is 9.97 Å². The van der Waals surface area contributed by atoms with Gasteiger partial charge in [0.2, 0.25) is 0 Å². The average molecular weight is 561 g/mol. The van der Waals surface area contributed by atoms with Crippen LogP contribution in [-0.2, 0) is 15.9 Å². The van der Waals surface area contributed by atoms with E-state index in [-0.39, 0.29) is 12.5 Å². The summed E-state index contributed by atoms with van der Waals surface area (Å²) in [4.78, 5) is 29.1. The quantitative estimate of drug-likeness (QED) is 0.219. The lowest BCUT2D eigenvalue weighted by atomic mass is 10.0. The van der Waals surface area contributed by atoms with Gasteiger partial charge in [-0.3, -0.25) is 4.79 Å². The van der Waals surface area contributed by atoms with E-state index in [4.69, 9.17) is 19.2 Å². The van der Waals surface area contributed by atoms with E-state index in [1.54, 1.807) is 11.3 Å². The second kappa shape index (κ2) is 13.2. The number of benzene rings is 2. The van der Waals surface area contributed by atoms with Gasteiger partial charge in [-0.05, 0) is 49.6 Å². The Morgan fingerprint density at radius 1 is 0.900 bits per heavy atom. The van der Waals surface area contributed by atoms with Crippen molar-refractivity contribution < 1.29 is 19.0 Å². The number of hydrogen-bond acceptors (Lipinski definition) is 8. The molecular formula is C31H36N4O4S. The van der Waals surface area contributed by atoms with Crippen molar-refractivity contribution in [3.63, 3.8) is 0 Å². The first kappa shape index (κ1) is 28.0. The molecule has 1 aliphatic heterocycles. The SMILES string of the molecule is CCOC(COc1nc(N2CCN(C(=O)c3ccc(-c4ccccc4)cc3)CC2)c2cc(CC)sc2n1)OCC. The summed E-state index contributed by atoms with van der Waals surface area (Å²) in [6.07, 6.45) is 0.460. The lowest BCUT2D eigenvalue weighted by Gasteiger charge is -2.35. The van der Waals surface area contributed by atoms with Gasteiger partial charge in [-0.15, -0.1) is 11.3 Å². The molecule has 1 amide bonds. The van der Waals surface area contributed by atoms with Gasteiger partial charge >= 0.3 is 6.01 Å². The minimum atomic E-state index is -0.469. The minimum absolute atomic E-state index is 0.0535. The Hall–Kier alpha value is -3.53. The van der Waals surface area contributed by atoms with Crippen LogP contribution in [-0.4, -0.2) is 73.1 Å². The molecule has 40 heavy (non-hydrogen) atoms. The highest BCUT2D eigenvalue weighted by molar-refractivity contribution is 7.18. The monoisotopic (exact) mass is 560 g/mol. The van der Waals surface area contributed by atoms with Crippen LogP contribution in [0.25, 0.3) is 21.3 Å².